The third kappa shape index (κ3) is 4.47. The lowest BCUT2D eigenvalue weighted by Gasteiger charge is -2.24. The Labute approximate surface area is 124 Å². The summed E-state index contributed by atoms with van der Waals surface area (Å²) in [5, 5.41) is 3.49. The van der Waals surface area contributed by atoms with Crippen LogP contribution in [-0.4, -0.2) is 12.6 Å². The van der Waals surface area contributed by atoms with E-state index in [2.05, 4.69) is 12.2 Å². The van der Waals surface area contributed by atoms with Crippen LogP contribution in [0, 0.1) is 0 Å². The smallest absolute Gasteiger partial charge is 0.314 e. The van der Waals surface area contributed by atoms with Crippen LogP contribution in [0.4, 0.5) is 13.2 Å². The summed E-state index contributed by atoms with van der Waals surface area (Å²) >= 11 is 0. The summed E-state index contributed by atoms with van der Waals surface area (Å²) in [6.07, 6.45) is 1.66. The predicted molar refractivity (Wildman–Crippen MR) is 79.4 cm³/mol. The third-order valence-electron chi connectivity index (χ3n) is 4.31. The topological polar surface area (TPSA) is 12.0 Å². The van der Waals surface area contributed by atoms with Crippen LogP contribution in [0.2, 0.25) is 0 Å². The number of alkyl halides is 3. The predicted octanol–water partition coefficient (Wildman–Crippen LogP) is 5.12. The molecule has 1 aliphatic rings. The van der Waals surface area contributed by atoms with Crippen molar-refractivity contribution in [3.8, 4) is 0 Å². The van der Waals surface area contributed by atoms with Gasteiger partial charge < -0.3 is 5.32 Å². The highest BCUT2D eigenvalue weighted by Crippen LogP contribution is 2.39. The molecule has 118 valence electrons. The van der Waals surface area contributed by atoms with Crippen LogP contribution in [0.5, 0.6) is 0 Å². The van der Waals surface area contributed by atoms with Crippen LogP contribution in [-0.2, 0) is 6.18 Å². The molecule has 1 N–H and O–H groups in total. The van der Waals surface area contributed by atoms with E-state index in [-0.39, 0.29) is 5.92 Å². The molecule has 0 saturated heterocycles. The highest BCUT2D eigenvalue weighted by Gasteiger charge is 2.35. The minimum absolute atomic E-state index is 0.0136. The van der Waals surface area contributed by atoms with Crippen molar-refractivity contribution in [2.75, 3.05) is 6.54 Å². The molecule has 1 aromatic rings. The van der Waals surface area contributed by atoms with Crippen LogP contribution in [0.3, 0.4) is 0 Å². The molecule has 0 aliphatic heterocycles. The number of nitrogens with one attached hydrogen (secondary N) is 1. The van der Waals surface area contributed by atoms with Gasteiger partial charge in [0.2, 0.25) is 0 Å². The Balaban J connectivity index is 2.19. The van der Waals surface area contributed by atoms with Crippen LogP contribution < -0.4 is 5.32 Å². The first-order valence-corrected chi connectivity index (χ1v) is 7.92. The van der Waals surface area contributed by atoms with Crippen molar-refractivity contribution in [1.82, 2.24) is 5.32 Å². The molecule has 4 heteroatoms. The van der Waals surface area contributed by atoms with Gasteiger partial charge in [0.25, 0.3) is 0 Å². The molecule has 0 heterocycles. The monoisotopic (exact) mass is 299 g/mol. The van der Waals surface area contributed by atoms with Crippen molar-refractivity contribution in [1.29, 1.82) is 0 Å². The lowest BCUT2D eigenvalue weighted by Crippen LogP contribution is -2.30. The molecule has 0 bridgehead atoms. The molecule has 1 aromatic carbocycles. The van der Waals surface area contributed by atoms with Crippen LogP contribution in [0.15, 0.2) is 24.3 Å². The molecular formula is C17H24F3N. The molecule has 21 heavy (non-hydrogen) atoms. The fourth-order valence-electron chi connectivity index (χ4n) is 3.29. The average molecular weight is 299 g/mol. The zero-order valence-electron chi connectivity index (χ0n) is 12.5. The van der Waals surface area contributed by atoms with Crippen molar-refractivity contribution in [2.24, 2.45) is 0 Å². The van der Waals surface area contributed by atoms with Gasteiger partial charge in [0.05, 0.1) is 5.56 Å². The highest BCUT2D eigenvalue weighted by molar-refractivity contribution is 5.33. The largest absolute Gasteiger partial charge is 0.416 e. The second-order valence-corrected chi connectivity index (χ2v) is 5.95. The molecule has 1 aliphatic carbocycles. The Morgan fingerprint density at radius 3 is 2.57 bits per heavy atom. The second kappa shape index (κ2) is 7.30. The number of hydrogen-bond acceptors (Lipinski definition) is 1. The van der Waals surface area contributed by atoms with Gasteiger partial charge >= 0.3 is 6.18 Å². The zero-order valence-corrected chi connectivity index (χ0v) is 12.5. The van der Waals surface area contributed by atoms with Gasteiger partial charge in [-0.25, -0.2) is 0 Å². The fraction of sp³-hybridized carbons (Fsp3) is 0.647. The van der Waals surface area contributed by atoms with E-state index in [1.54, 1.807) is 12.1 Å². The fourth-order valence-corrected chi connectivity index (χ4v) is 3.29. The van der Waals surface area contributed by atoms with Crippen molar-refractivity contribution in [3.63, 3.8) is 0 Å². The Bertz CT molecular complexity index is 442. The maximum atomic E-state index is 13.2. The first-order valence-electron chi connectivity index (χ1n) is 7.92. The first-order chi connectivity index (χ1) is 10.0. The third-order valence-corrected chi connectivity index (χ3v) is 4.31. The Hall–Kier alpha value is -1.03. The van der Waals surface area contributed by atoms with Gasteiger partial charge in [0.1, 0.15) is 0 Å². The summed E-state index contributed by atoms with van der Waals surface area (Å²) in [4.78, 5) is 0. The van der Waals surface area contributed by atoms with Gasteiger partial charge in [-0.3, -0.25) is 0 Å². The number of rotatable bonds is 4. The number of hydrogen-bond donors (Lipinski definition) is 1. The molecule has 0 amide bonds. The normalized spacial score (nSPS) is 23.8. The van der Waals surface area contributed by atoms with Crippen molar-refractivity contribution >= 4 is 0 Å². The molecule has 2 rings (SSSR count). The van der Waals surface area contributed by atoms with E-state index >= 15 is 0 Å². The summed E-state index contributed by atoms with van der Waals surface area (Å²) in [5.74, 6) is 0.0136. The second-order valence-electron chi connectivity index (χ2n) is 5.95. The molecule has 2 unspecified atom stereocenters. The lowest BCUT2D eigenvalue weighted by atomic mass is 9.87. The van der Waals surface area contributed by atoms with E-state index < -0.39 is 11.7 Å². The van der Waals surface area contributed by atoms with E-state index in [9.17, 15) is 13.2 Å². The van der Waals surface area contributed by atoms with Crippen LogP contribution in [0.25, 0.3) is 0 Å². The summed E-state index contributed by atoms with van der Waals surface area (Å²) in [7, 11) is 0. The van der Waals surface area contributed by atoms with E-state index in [1.807, 2.05) is 0 Å². The Morgan fingerprint density at radius 1 is 1.14 bits per heavy atom. The molecule has 1 nitrogen and oxygen atoms in total. The Kier molecular flexibility index (Phi) is 5.68. The van der Waals surface area contributed by atoms with Gasteiger partial charge in [-0.2, -0.15) is 13.2 Å². The van der Waals surface area contributed by atoms with Gasteiger partial charge in [-0.05, 0) is 49.8 Å². The van der Waals surface area contributed by atoms with Gasteiger partial charge in [-0.15, -0.1) is 0 Å². The summed E-state index contributed by atoms with van der Waals surface area (Å²) < 4.78 is 39.6. The number of benzene rings is 1. The highest BCUT2D eigenvalue weighted by atomic mass is 19.4. The standard InChI is InChI=1S/C17H24F3N/c1-2-11-21-14-8-4-3-7-13(12-14)15-9-5-6-10-16(15)17(18,19)20/h5-6,9-10,13-14,21H,2-4,7-8,11-12H2,1H3. The van der Waals surface area contributed by atoms with Crippen molar-refractivity contribution in [2.45, 2.75) is 63.6 Å². The molecule has 1 fully saturated rings. The van der Waals surface area contributed by atoms with E-state index in [4.69, 9.17) is 0 Å². The minimum Gasteiger partial charge on any atom is -0.314 e. The lowest BCUT2D eigenvalue weighted by molar-refractivity contribution is -0.138. The minimum atomic E-state index is -4.25. The number of halogens is 3. The van der Waals surface area contributed by atoms with Gasteiger partial charge in [0, 0.05) is 6.04 Å². The average Bonchev–Trinajstić information content (AvgIpc) is 2.70. The molecular weight excluding hydrogens is 275 g/mol. The molecule has 1 saturated carbocycles. The van der Waals surface area contributed by atoms with Gasteiger partial charge in [-0.1, -0.05) is 38.0 Å². The SMILES string of the molecule is CCCNC1CCCCC(c2ccccc2C(F)(F)F)C1. The van der Waals surface area contributed by atoms with Gasteiger partial charge in [0.15, 0.2) is 0 Å². The zero-order chi connectivity index (χ0) is 15.3. The summed E-state index contributed by atoms with van der Waals surface area (Å²) in [6.45, 7) is 3.05. The Morgan fingerprint density at radius 2 is 1.86 bits per heavy atom. The first kappa shape index (κ1) is 16.3. The molecule has 0 spiro atoms. The molecule has 0 radical (unpaired) electrons. The summed E-state index contributed by atoms with van der Waals surface area (Å²) in [6, 6.07) is 6.43. The van der Waals surface area contributed by atoms with E-state index in [0.29, 0.717) is 11.6 Å². The van der Waals surface area contributed by atoms with E-state index in [0.717, 1.165) is 45.1 Å². The maximum absolute atomic E-state index is 13.2. The van der Waals surface area contributed by atoms with Crippen molar-refractivity contribution < 1.29 is 13.2 Å². The van der Waals surface area contributed by atoms with Crippen LogP contribution >= 0.6 is 0 Å². The quantitative estimate of drug-likeness (QED) is 0.761. The van der Waals surface area contributed by atoms with Crippen molar-refractivity contribution in [3.05, 3.63) is 35.4 Å². The van der Waals surface area contributed by atoms with Crippen LogP contribution in [0.1, 0.15) is 62.5 Å². The summed E-state index contributed by atoms with van der Waals surface area (Å²) in [5.41, 5.74) is 0.0290. The maximum Gasteiger partial charge on any atom is 0.416 e. The molecule has 2 atom stereocenters. The molecule has 0 aromatic heterocycles. The van der Waals surface area contributed by atoms with E-state index in [1.165, 1.54) is 12.1 Å².